The number of benzene rings is 1. The number of ether oxygens (including phenoxy) is 2. The molecule has 0 aliphatic heterocycles. The van der Waals surface area contributed by atoms with Gasteiger partial charge in [-0.25, -0.2) is 0 Å². The minimum Gasteiger partial charge on any atom is -0.494 e. The quantitative estimate of drug-likeness (QED) is 0.643. The van der Waals surface area contributed by atoms with Crippen LogP contribution in [0.15, 0.2) is 24.3 Å². The lowest BCUT2D eigenvalue weighted by atomic mass is 10.3. The standard InChI is InChI=1S/C15H21NO5/c1-2-3-4-9-20-12-5-7-13(8-6-12)21-11-14(17)16-10-15(18)19/h5-8H,2-4,9-11H2,1H3,(H,16,17)(H,18,19). The monoisotopic (exact) mass is 295 g/mol. The maximum Gasteiger partial charge on any atom is 0.322 e. The molecule has 0 saturated carbocycles. The van der Waals surface area contributed by atoms with Crippen molar-refractivity contribution < 1.29 is 24.2 Å². The van der Waals surface area contributed by atoms with Crippen LogP contribution in [0.1, 0.15) is 26.2 Å². The van der Waals surface area contributed by atoms with Gasteiger partial charge in [0.15, 0.2) is 6.61 Å². The van der Waals surface area contributed by atoms with Gasteiger partial charge in [-0.15, -0.1) is 0 Å². The Morgan fingerprint density at radius 1 is 1.10 bits per heavy atom. The number of carbonyl (C=O) groups is 2. The van der Waals surface area contributed by atoms with Crippen molar-refractivity contribution in [3.63, 3.8) is 0 Å². The van der Waals surface area contributed by atoms with Crippen LogP contribution in [0.25, 0.3) is 0 Å². The van der Waals surface area contributed by atoms with Crippen LogP contribution in [0.3, 0.4) is 0 Å². The van der Waals surface area contributed by atoms with Crippen molar-refractivity contribution >= 4 is 11.9 Å². The summed E-state index contributed by atoms with van der Waals surface area (Å²) in [5, 5.41) is 10.6. The molecule has 0 atom stereocenters. The SMILES string of the molecule is CCCCCOc1ccc(OCC(=O)NCC(=O)O)cc1. The normalized spacial score (nSPS) is 9.95. The van der Waals surface area contributed by atoms with Gasteiger partial charge in [0.2, 0.25) is 0 Å². The molecule has 0 bridgehead atoms. The van der Waals surface area contributed by atoms with Crippen LogP contribution in [0, 0.1) is 0 Å². The number of hydrogen-bond acceptors (Lipinski definition) is 4. The number of hydrogen-bond donors (Lipinski definition) is 2. The first-order valence-corrected chi connectivity index (χ1v) is 6.96. The first-order valence-electron chi connectivity index (χ1n) is 6.96. The van der Waals surface area contributed by atoms with E-state index >= 15 is 0 Å². The lowest BCUT2D eigenvalue weighted by molar-refractivity contribution is -0.138. The Hall–Kier alpha value is -2.24. The summed E-state index contributed by atoms with van der Waals surface area (Å²) in [6.07, 6.45) is 3.32. The molecule has 0 radical (unpaired) electrons. The first-order chi connectivity index (χ1) is 10.1. The van der Waals surface area contributed by atoms with Gasteiger partial charge < -0.3 is 19.9 Å². The third-order valence-corrected chi connectivity index (χ3v) is 2.65. The van der Waals surface area contributed by atoms with E-state index in [2.05, 4.69) is 12.2 Å². The molecule has 0 unspecified atom stereocenters. The minimum atomic E-state index is -1.09. The number of amides is 1. The molecule has 0 aliphatic carbocycles. The second kappa shape index (κ2) is 9.63. The highest BCUT2D eigenvalue weighted by atomic mass is 16.5. The molecule has 1 rings (SSSR count). The van der Waals surface area contributed by atoms with Crippen LogP contribution in [-0.4, -0.2) is 36.7 Å². The Morgan fingerprint density at radius 2 is 1.71 bits per heavy atom. The summed E-state index contributed by atoms with van der Waals surface area (Å²) < 4.78 is 10.8. The Kier molecular flexibility index (Phi) is 7.71. The van der Waals surface area contributed by atoms with E-state index in [1.807, 2.05) is 0 Å². The summed E-state index contributed by atoms with van der Waals surface area (Å²) in [5.41, 5.74) is 0. The van der Waals surface area contributed by atoms with Crippen molar-refractivity contribution in [1.29, 1.82) is 0 Å². The Bertz CT molecular complexity index is 444. The molecule has 116 valence electrons. The Balaban J connectivity index is 2.27. The van der Waals surface area contributed by atoms with E-state index in [4.69, 9.17) is 14.6 Å². The summed E-state index contributed by atoms with van der Waals surface area (Å²) in [7, 11) is 0. The molecule has 0 spiro atoms. The molecule has 6 heteroatoms. The molecule has 1 aromatic carbocycles. The van der Waals surface area contributed by atoms with E-state index in [0.29, 0.717) is 12.4 Å². The molecule has 0 saturated heterocycles. The van der Waals surface area contributed by atoms with Crippen molar-refractivity contribution in [3.05, 3.63) is 24.3 Å². The van der Waals surface area contributed by atoms with E-state index in [1.54, 1.807) is 24.3 Å². The highest BCUT2D eigenvalue weighted by Gasteiger charge is 2.05. The second-order valence-corrected chi connectivity index (χ2v) is 4.49. The highest BCUT2D eigenvalue weighted by molar-refractivity contribution is 5.82. The van der Waals surface area contributed by atoms with Gasteiger partial charge in [0, 0.05) is 0 Å². The maximum absolute atomic E-state index is 11.3. The van der Waals surface area contributed by atoms with Crippen LogP contribution in [0.5, 0.6) is 11.5 Å². The van der Waals surface area contributed by atoms with E-state index in [9.17, 15) is 9.59 Å². The van der Waals surface area contributed by atoms with Gasteiger partial charge in [-0.2, -0.15) is 0 Å². The number of aliphatic carboxylic acids is 1. The number of rotatable bonds is 10. The van der Waals surface area contributed by atoms with Gasteiger partial charge in [-0.1, -0.05) is 19.8 Å². The van der Waals surface area contributed by atoms with Crippen LogP contribution >= 0.6 is 0 Å². The van der Waals surface area contributed by atoms with E-state index in [-0.39, 0.29) is 6.61 Å². The van der Waals surface area contributed by atoms with E-state index in [1.165, 1.54) is 0 Å². The number of carbonyl (C=O) groups excluding carboxylic acids is 1. The number of carboxylic acids is 1. The molecule has 0 fully saturated rings. The molecule has 0 aliphatic rings. The Morgan fingerprint density at radius 3 is 2.29 bits per heavy atom. The average Bonchev–Trinajstić information content (AvgIpc) is 2.48. The number of unbranched alkanes of at least 4 members (excludes halogenated alkanes) is 2. The molecule has 0 aromatic heterocycles. The molecule has 21 heavy (non-hydrogen) atoms. The molecular weight excluding hydrogens is 274 g/mol. The number of carboxylic acid groups (broad SMARTS) is 1. The summed E-state index contributed by atoms with van der Waals surface area (Å²) in [5.74, 6) is -0.277. The molecule has 6 nitrogen and oxygen atoms in total. The fourth-order valence-electron chi connectivity index (χ4n) is 1.55. The number of nitrogens with one attached hydrogen (secondary N) is 1. The first kappa shape index (κ1) is 16.8. The largest absolute Gasteiger partial charge is 0.494 e. The maximum atomic E-state index is 11.3. The summed E-state index contributed by atoms with van der Waals surface area (Å²) in [6, 6.07) is 6.96. The average molecular weight is 295 g/mol. The van der Waals surface area contributed by atoms with Gasteiger partial charge in [-0.05, 0) is 30.7 Å². The van der Waals surface area contributed by atoms with E-state index in [0.717, 1.165) is 25.0 Å². The predicted molar refractivity (Wildman–Crippen MR) is 77.6 cm³/mol. The fraction of sp³-hybridized carbons (Fsp3) is 0.467. The summed E-state index contributed by atoms with van der Waals surface area (Å²) in [4.78, 5) is 21.5. The minimum absolute atomic E-state index is 0.218. The van der Waals surface area contributed by atoms with Crippen LogP contribution in [-0.2, 0) is 9.59 Å². The van der Waals surface area contributed by atoms with Crippen LogP contribution in [0.4, 0.5) is 0 Å². The summed E-state index contributed by atoms with van der Waals surface area (Å²) >= 11 is 0. The lowest BCUT2D eigenvalue weighted by Crippen LogP contribution is -2.33. The van der Waals surface area contributed by atoms with Crippen molar-refractivity contribution in [2.75, 3.05) is 19.8 Å². The Labute approximate surface area is 124 Å². The second-order valence-electron chi connectivity index (χ2n) is 4.49. The zero-order chi connectivity index (χ0) is 15.5. The highest BCUT2D eigenvalue weighted by Crippen LogP contribution is 2.17. The van der Waals surface area contributed by atoms with E-state index < -0.39 is 18.4 Å². The summed E-state index contributed by atoms with van der Waals surface area (Å²) in [6.45, 7) is 2.20. The molecule has 2 N–H and O–H groups in total. The third-order valence-electron chi connectivity index (χ3n) is 2.65. The van der Waals surface area contributed by atoms with Gasteiger partial charge in [0.1, 0.15) is 18.0 Å². The van der Waals surface area contributed by atoms with Crippen molar-refractivity contribution in [2.45, 2.75) is 26.2 Å². The van der Waals surface area contributed by atoms with Gasteiger partial charge in [-0.3, -0.25) is 9.59 Å². The topological polar surface area (TPSA) is 84.9 Å². The zero-order valence-corrected chi connectivity index (χ0v) is 12.1. The van der Waals surface area contributed by atoms with Gasteiger partial charge >= 0.3 is 5.97 Å². The van der Waals surface area contributed by atoms with Gasteiger partial charge in [0.05, 0.1) is 6.61 Å². The smallest absolute Gasteiger partial charge is 0.322 e. The lowest BCUT2D eigenvalue weighted by Gasteiger charge is -2.08. The van der Waals surface area contributed by atoms with Crippen molar-refractivity contribution in [2.24, 2.45) is 0 Å². The molecule has 1 amide bonds. The predicted octanol–water partition coefficient (Wildman–Crippen LogP) is 1.84. The molecular formula is C15H21NO5. The zero-order valence-electron chi connectivity index (χ0n) is 12.1. The fourth-order valence-corrected chi connectivity index (χ4v) is 1.55. The van der Waals surface area contributed by atoms with Crippen molar-refractivity contribution in [3.8, 4) is 11.5 Å². The van der Waals surface area contributed by atoms with Crippen LogP contribution < -0.4 is 14.8 Å². The van der Waals surface area contributed by atoms with Crippen molar-refractivity contribution in [1.82, 2.24) is 5.32 Å². The van der Waals surface area contributed by atoms with Crippen LogP contribution in [0.2, 0.25) is 0 Å². The molecule has 0 heterocycles. The van der Waals surface area contributed by atoms with Gasteiger partial charge in [0.25, 0.3) is 5.91 Å². The molecule has 1 aromatic rings. The third kappa shape index (κ3) is 7.81.